The molecule has 3 N–H and O–H groups in total. The summed E-state index contributed by atoms with van der Waals surface area (Å²) in [6.45, 7) is 1.94. The van der Waals surface area contributed by atoms with Crippen LogP contribution in [0.25, 0.3) is 10.9 Å². The molecule has 3 rings (SSSR count). The van der Waals surface area contributed by atoms with E-state index in [4.69, 9.17) is 11.6 Å². The molecule has 128 valence electrons. The van der Waals surface area contributed by atoms with Crippen molar-refractivity contribution >= 4 is 40.3 Å². The number of rotatable bonds is 6. The molecular weight excluding hydrogens is 336 g/mol. The summed E-state index contributed by atoms with van der Waals surface area (Å²) in [5.41, 5.74) is 5.35. The van der Waals surface area contributed by atoms with Crippen molar-refractivity contribution in [2.75, 3.05) is 5.32 Å². The van der Waals surface area contributed by atoms with Crippen LogP contribution in [0, 0.1) is 0 Å². The monoisotopic (exact) mass is 354 g/mol. The zero-order valence-electron chi connectivity index (χ0n) is 13.8. The van der Waals surface area contributed by atoms with Crippen molar-refractivity contribution in [3.63, 3.8) is 0 Å². The smallest absolute Gasteiger partial charge is 0.262 e. The van der Waals surface area contributed by atoms with Crippen molar-refractivity contribution in [3.05, 3.63) is 65.3 Å². The van der Waals surface area contributed by atoms with E-state index in [1.165, 1.54) is 0 Å². The number of nitrogens with zero attached hydrogens (tertiary/aromatic N) is 1. The number of carbonyl (C=O) groups excluding carboxylic acids is 1. The molecule has 6 heteroatoms. The lowest BCUT2D eigenvalue weighted by Gasteiger charge is -2.16. The summed E-state index contributed by atoms with van der Waals surface area (Å²) in [6.07, 6.45) is 4.13. The van der Waals surface area contributed by atoms with Crippen molar-refractivity contribution in [1.82, 2.24) is 10.4 Å². The summed E-state index contributed by atoms with van der Waals surface area (Å²) in [7, 11) is 0. The Morgan fingerprint density at radius 1 is 1.28 bits per heavy atom. The Bertz CT molecular complexity index is 903. The Labute approximate surface area is 151 Å². The maximum atomic E-state index is 12.3. The van der Waals surface area contributed by atoms with Gasteiger partial charge in [-0.15, -0.1) is 0 Å². The zero-order valence-corrected chi connectivity index (χ0v) is 14.5. The normalized spacial score (nSPS) is 12.4. The van der Waals surface area contributed by atoms with Crippen LogP contribution in [0.2, 0.25) is 5.02 Å². The number of hydrogen-bond acceptors (Lipinski definition) is 3. The maximum absolute atomic E-state index is 12.3. The van der Waals surface area contributed by atoms with Gasteiger partial charge in [0.1, 0.15) is 6.04 Å². The van der Waals surface area contributed by atoms with Crippen LogP contribution < -0.4 is 10.7 Å². The van der Waals surface area contributed by atoms with Crippen LogP contribution in [0.4, 0.5) is 5.69 Å². The quantitative estimate of drug-likeness (QED) is 0.459. The van der Waals surface area contributed by atoms with E-state index in [-0.39, 0.29) is 5.91 Å². The van der Waals surface area contributed by atoms with Crippen LogP contribution >= 0.6 is 11.6 Å². The van der Waals surface area contributed by atoms with E-state index >= 15 is 0 Å². The van der Waals surface area contributed by atoms with Crippen LogP contribution in [0.5, 0.6) is 0 Å². The third-order valence-corrected chi connectivity index (χ3v) is 4.12. The number of carbonyl (C=O) groups is 1. The Kier molecular flexibility index (Phi) is 5.36. The number of aromatic amines is 1. The first-order valence-electron chi connectivity index (χ1n) is 8.08. The molecule has 0 unspecified atom stereocenters. The highest BCUT2D eigenvalue weighted by molar-refractivity contribution is 6.30. The third-order valence-electron chi connectivity index (χ3n) is 3.89. The number of benzene rings is 2. The third kappa shape index (κ3) is 4.19. The van der Waals surface area contributed by atoms with Gasteiger partial charge in [-0.1, -0.05) is 42.8 Å². The van der Waals surface area contributed by atoms with Gasteiger partial charge in [-0.2, -0.15) is 5.10 Å². The largest absolute Gasteiger partial charge is 0.374 e. The number of para-hydroxylation sites is 1. The molecule has 0 bridgehead atoms. The molecule has 0 fully saturated rings. The van der Waals surface area contributed by atoms with Crippen LogP contribution in [0.3, 0.4) is 0 Å². The SMILES string of the molecule is CC[C@@H](Nc1cccc(Cl)c1)C(=O)N/N=C\c1c[nH]c2ccccc12. The first-order valence-corrected chi connectivity index (χ1v) is 8.46. The molecule has 0 aliphatic heterocycles. The fraction of sp³-hybridized carbons (Fsp3) is 0.158. The number of H-pyrrole nitrogens is 1. The van der Waals surface area contributed by atoms with Crippen LogP contribution in [-0.2, 0) is 4.79 Å². The molecular formula is C19H19ClN4O. The van der Waals surface area contributed by atoms with Crippen molar-refractivity contribution in [2.24, 2.45) is 5.10 Å². The van der Waals surface area contributed by atoms with Gasteiger partial charge in [-0.05, 0) is 30.7 Å². The van der Waals surface area contributed by atoms with Gasteiger partial charge in [-0.3, -0.25) is 4.79 Å². The molecule has 1 aromatic heterocycles. The zero-order chi connectivity index (χ0) is 17.6. The number of amides is 1. The summed E-state index contributed by atoms with van der Waals surface area (Å²) in [5, 5.41) is 8.93. The van der Waals surface area contributed by atoms with Crippen molar-refractivity contribution in [1.29, 1.82) is 0 Å². The molecule has 3 aromatic rings. The summed E-state index contributed by atoms with van der Waals surface area (Å²) in [5.74, 6) is -0.196. The molecule has 2 aromatic carbocycles. The standard InChI is InChI=1S/C19H19ClN4O/c1-2-17(23-15-7-5-6-14(20)10-15)19(25)24-22-12-13-11-21-18-9-4-3-8-16(13)18/h3-12,17,21,23H,2H2,1H3,(H,24,25)/b22-12-/t17-/m1/s1. The average molecular weight is 355 g/mol. The Hall–Kier alpha value is -2.79. The molecule has 0 aliphatic rings. The molecule has 1 heterocycles. The van der Waals surface area contributed by atoms with Crippen LogP contribution in [-0.4, -0.2) is 23.1 Å². The highest BCUT2D eigenvalue weighted by Gasteiger charge is 2.15. The fourth-order valence-corrected chi connectivity index (χ4v) is 2.77. The number of halogens is 1. The van der Waals surface area contributed by atoms with E-state index in [0.717, 1.165) is 22.2 Å². The second kappa shape index (κ2) is 7.85. The number of hydrogen-bond donors (Lipinski definition) is 3. The molecule has 1 amide bonds. The topological polar surface area (TPSA) is 69.3 Å². The van der Waals surface area contributed by atoms with Gasteiger partial charge in [-0.25, -0.2) is 5.43 Å². The lowest BCUT2D eigenvalue weighted by molar-refractivity contribution is -0.121. The molecule has 0 saturated carbocycles. The molecule has 0 radical (unpaired) electrons. The molecule has 0 spiro atoms. The maximum Gasteiger partial charge on any atom is 0.262 e. The lowest BCUT2D eigenvalue weighted by atomic mass is 10.2. The van der Waals surface area contributed by atoms with E-state index < -0.39 is 6.04 Å². The van der Waals surface area contributed by atoms with Gasteiger partial charge < -0.3 is 10.3 Å². The first kappa shape index (κ1) is 17.0. The predicted octanol–water partition coefficient (Wildman–Crippen LogP) is 4.16. The summed E-state index contributed by atoms with van der Waals surface area (Å²) in [6, 6.07) is 14.8. The highest BCUT2D eigenvalue weighted by atomic mass is 35.5. The molecule has 1 atom stereocenters. The number of anilines is 1. The van der Waals surface area contributed by atoms with E-state index in [1.54, 1.807) is 18.3 Å². The number of nitrogens with one attached hydrogen (secondary N) is 3. The first-order chi connectivity index (χ1) is 12.2. The van der Waals surface area contributed by atoms with E-state index in [0.29, 0.717) is 11.4 Å². The van der Waals surface area contributed by atoms with E-state index in [1.807, 2.05) is 49.5 Å². The van der Waals surface area contributed by atoms with Crippen molar-refractivity contribution in [3.8, 4) is 0 Å². The number of hydrazone groups is 1. The second-order valence-electron chi connectivity index (χ2n) is 5.64. The van der Waals surface area contributed by atoms with Gasteiger partial charge in [0.2, 0.25) is 0 Å². The summed E-state index contributed by atoms with van der Waals surface area (Å²) < 4.78 is 0. The summed E-state index contributed by atoms with van der Waals surface area (Å²) in [4.78, 5) is 15.5. The minimum Gasteiger partial charge on any atom is -0.374 e. The molecule has 5 nitrogen and oxygen atoms in total. The lowest BCUT2D eigenvalue weighted by Crippen LogP contribution is -2.36. The highest BCUT2D eigenvalue weighted by Crippen LogP contribution is 2.17. The van der Waals surface area contributed by atoms with Gasteiger partial charge >= 0.3 is 0 Å². The average Bonchev–Trinajstić information content (AvgIpc) is 3.03. The van der Waals surface area contributed by atoms with Gasteiger partial charge in [0.05, 0.1) is 6.21 Å². The van der Waals surface area contributed by atoms with E-state index in [2.05, 4.69) is 20.8 Å². The van der Waals surface area contributed by atoms with Crippen LogP contribution in [0.15, 0.2) is 59.8 Å². The Balaban J connectivity index is 1.64. The Morgan fingerprint density at radius 3 is 2.92 bits per heavy atom. The predicted molar refractivity (Wildman–Crippen MR) is 103 cm³/mol. The van der Waals surface area contributed by atoms with Gasteiger partial charge in [0.25, 0.3) is 5.91 Å². The summed E-state index contributed by atoms with van der Waals surface area (Å²) >= 11 is 5.97. The van der Waals surface area contributed by atoms with Crippen LogP contribution in [0.1, 0.15) is 18.9 Å². The molecule has 0 aliphatic carbocycles. The van der Waals surface area contributed by atoms with Gasteiger partial charge in [0, 0.05) is 33.4 Å². The second-order valence-corrected chi connectivity index (χ2v) is 6.08. The van der Waals surface area contributed by atoms with Gasteiger partial charge in [0.15, 0.2) is 0 Å². The molecule has 25 heavy (non-hydrogen) atoms. The number of fused-ring (bicyclic) bond motifs is 1. The molecule has 0 saturated heterocycles. The minimum absolute atomic E-state index is 0.196. The minimum atomic E-state index is -0.390. The van der Waals surface area contributed by atoms with Crippen molar-refractivity contribution < 1.29 is 4.79 Å². The van der Waals surface area contributed by atoms with Crippen molar-refractivity contribution in [2.45, 2.75) is 19.4 Å². The fourth-order valence-electron chi connectivity index (χ4n) is 2.58. The van der Waals surface area contributed by atoms with E-state index in [9.17, 15) is 4.79 Å². The Morgan fingerprint density at radius 2 is 2.12 bits per heavy atom. The number of aromatic nitrogens is 1.